The highest BCUT2D eigenvalue weighted by molar-refractivity contribution is 7.15. The number of rotatable bonds is 6. The third-order valence-corrected chi connectivity index (χ3v) is 8.50. The van der Waals surface area contributed by atoms with Crippen molar-refractivity contribution < 1.29 is 9.59 Å². The minimum absolute atomic E-state index is 0.154. The van der Waals surface area contributed by atoms with Crippen molar-refractivity contribution in [2.75, 3.05) is 5.32 Å². The van der Waals surface area contributed by atoms with E-state index in [0.717, 1.165) is 33.9 Å². The topological polar surface area (TPSA) is 84.0 Å². The van der Waals surface area contributed by atoms with E-state index in [1.165, 1.54) is 45.4 Å². The lowest BCUT2D eigenvalue weighted by molar-refractivity contribution is -0.120. The Kier molecular flexibility index (Phi) is 5.32. The van der Waals surface area contributed by atoms with E-state index in [1.54, 1.807) is 11.3 Å². The smallest absolute Gasteiger partial charge is 0.228 e. The van der Waals surface area contributed by atoms with Crippen molar-refractivity contribution in [1.82, 2.24) is 15.5 Å². The van der Waals surface area contributed by atoms with Crippen LogP contribution in [0.1, 0.15) is 74.0 Å². The van der Waals surface area contributed by atoms with Gasteiger partial charge in [0.25, 0.3) is 0 Å². The van der Waals surface area contributed by atoms with E-state index in [9.17, 15) is 9.59 Å². The van der Waals surface area contributed by atoms with Crippen LogP contribution < -0.4 is 10.6 Å². The predicted molar refractivity (Wildman–Crippen MR) is 121 cm³/mol. The van der Waals surface area contributed by atoms with E-state index in [-0.39, 0.29) is 29.7 Å². The van der Waals surface area contributed by atoms with Crippen molar-refractivity contribution >= 4 is 28.3 Å². The average molecular weight is 439 g/mol. The first kappa shape index (κ1) is 20.6. The second-order valence-electron chi connectivity index (χ2n) is 10.0. The maximum absolute atomic E-state index is 12.8. The zero-order valence-corrected chi connectivity index (χ0v) is 19.0. The summed E-state index contributed by atoms with van der Waals surface area (Å²) in [7, 11) is 0. The SMILES string of the molecule is CC(=O)NC(CC(=O)Nc1nnc(C23CC4CC(CC(C4)C2)C3)s1)c1ccc(C)cc1. The fraction of sp³-hybridized carbons (Fsp3) is 0.583. The molecule has 1 aromatic carbocycles. The molecule has 2 amide bonds. The molecule has 2 N–H and O–H groups in total. The van der Waals surface area contributed by atoms with Gasteiger partial charge >= 0.3 is 0 Å². The van der Waals surface area contributed by atoms with Crippen LogP contribution in [0.15, 0.2) is 24.3 Å². The number of benzene rings is 1. The summed E-state index contributed by atoms with van der Waals surface area (Å²) in [6, 6.07) is 7.53. The van der Waals surface area contributed by atoms with E-state index in [4.69, 9.17) is 0 Å². The maximum atomic E-state index is 12.8. The summed E-state index contributed by atoms with van der Waals surface area (Å²) in [5, 5.41) is 16.4. The molecule has 1 heterocycles. The van der Waals surface area contributed by atoms with Crippen LogP contribution >= 0.6 is 11.3 Å². The lowest BCUT2D eigenvalue weighted by Crippen LogP contribution is -2.48. The zero-order valence-electron chi connectivity index (χ0n) is 18.2. The van der Waals surface area contributed by atoms with E-state index in [2.05, 4.69) is 20.8 Å². The zero-order chi connectivity index (χ0) is 21.6. The molecule has 0 aliphatic heterocycles. The van der Waals surface area contributed by atoms with Crippen molar-refractivity contribution in [3.05, 3.63) is 40.4 Å². The Balaban J connectivity index is 1.27. The monoisotopic (exact) mass is 438 g/mol. The average Bonchev–Trinajstić information content (AvgIpc) is 3.16. The van der Waals surface area contributed by atoms with Gasteiger partial charge in [-0.3, -0.25) is 9.59 Å². The van der Waals surface area contributed by atoms with Crippen LogP contribution in [0.5, 0.6) is 0 Å². The number of aryl methyl sites for hydroxylation is 1. The van der Waals surface area contributed by atoms with E-state index >= 15 is 0 Å². The standard InChI is InChI=1S/C24H30N4O2S/c1-14-3-5-19(6-4-14)20(25-15(2)29)10-21(30)26-23-28-27-22(31-23)24-11-16-7-17(12-24)9-18(8-16)13-24/h3-6,16-18,20H,7-13H2,1-2H3,(H,25,29)(H,26,28,30). The molecular weight excluding hydrogens is 408 g/mol. The molecule has 0 spiro atoms. The number of anilines is 1. The van der Waals surface area contributed by atoms with Crippen molar-refractivity contribution in [3.8, 4) is 0 Å². The second kappa shape index (κ2) is 8.01. The molecule has 4 saturated carbocycles. The van der Waals surface area contributed by atoms with Gasteiger partial charge in [0.05, 0.1) is 12.5 Å². The highest BCUT2D eigenvalue weighted by Gasteiger charge is 2.53. The van der Waals surface area contributed by atoms with Crippen LogP contribution in [0.4, 0.5) is 5.13 Å². The molecule has 4 bridgehead atoms. The molecule has 31 heavy (non-hydrogen) atoms. The first-order valence-electron chi connectivity index (χ1n) is 11.4. The summed E-state index contributed by atoms with van der Waals surface area (Å²) >= 11 is 1.55. The fourth-order valence-electron chi connectivity index (χ4n) is 6.51. The molecule has 0 saturated heterocycles. The van der Waals surface area contributed by atoms with E-state index in [0.29, 0.717) is 5.13 Å². The molecule has 4 aliphatic rings. The molecule has 1 atom stereocenters. The summed E-state index contributed by atoms with van der Waals surface area (Å²) in [6.07, 6.45) is 8.05. The van der Waals surface area contributed by atoms with Gasteiger partial charge in [-0.1, -0.05) is 41.2 Å². The Morgan fingerprint density at radius 1 is 1.06 bits per heavy atom. The Morgan fingerprint density at radius 2 is 1.68 bits per heavy atom. The summed E-state index contributed by atoms with van der Waals surface area (Å²) in [5.41, 5.74) is 2.25. The first-order chi connectivity index (χ1) is 14.9. The van der Waals surface area contributed by atoms with Crippen LogP contribution in [0.3, 0.4) is 0 Å². The third kappa shape index (κ3) is 4.25. The highest BCUT2D eigenvalue weighted by atomic mass is 32.1. The molecule has 6 nitrogen and oxygen atoms in total. The molecule has 7 heteroatoms. The van der Waals surface area contributed by atoms with Crippen molar-refractivity contribution in [2.24, 2.45) is 17.8 Å². The Morgan fingerprint density at radius 3 is 2.26 bits per heavy atom. The molecule has 4 aliphatic carbocycles. The van der Waals surface area contributed by atoms with Gasteiger partial charge in [-0.05, 0) is 68.8 Å². The van der Waals surface area contributed by atoms with Gasteiger partial charge in [-0.15, -0.1) is 10.2 Å². The minimum Gasteiger partial charge on any atom is -0.349 e. The Bertz CT molecular complexity index is 948. The van der Waals surface area contributed by atoms with Crippen LogP contribution in [0, 0.1) is 24.7 Å². The minimum atomic E-state index is -0.367. The Labute approximate surface area is 187 Å². The summed E-state index contributed by atoms with van der Waals surface area (Å²) in [4.78, 5) is 24.5. The summed E-state index contributed by atoms with van der Waals surface area (Å²) in [6.45, 7) is 3.49. The van der Waals surface area contributed by atoms with Gasteiger partial charge in [0.1, 0.15) is 5.01 Å². The normalized spacial score (nSPS) is 29.5. The van der Waals surface area contributed by atoms with Gasteiger partial charge in [0, 0.05) is 12.3 Å². The molecule has 164 valence electrons. The number of nitrogens with zero attached hydrogens (tertiary/aromatic N) is 2. The number of aromatic nitrogens is 2. The van der Waals surface area contributed by atoms with Crippen molar-refractivity contribution in [3.63, 3.8) is 0 Å². The summed E-state index contributed by atoms with van der Waals surface area (Å²) < 4.78 is 0. The van der Waals surface area contributed by atoms with Gasteiger partial charge in [0.2, 0.25) is 16.9 Å². The number of hydrogen-bond donors (Lipinski definition) is 2. The quantitative estimate of drug-likeness (QED) is 0.694. The first-order valence-corrected chi connectivity index (χ1v) is 12.2. The van der Waals surface area contributed by atoms with Crippen molar-refractivity contribution in [2.45, 2.75) is 70.3 Å². The maximum Gasteiger partial charge on any atom is 0.228 e. The number of amides is 2. The van der Waals surface area contributed by atoms with E-state index < -0.39 is 0 Å². The van der Waals surface area contributed by atoms with Gasteiger partial charge in [0.15, 0.2) is 0 Å². The molecule has 2 aromatic rings. The number of carbonyl (C=O) groups excluding carboxylic acids is 2. The van der Waals surface area contributed by atoms with E-state index in [1.807, 2.05) is 31.2 Å². The lowest BCUT2D eigenvalue weighted by Gasteiger charge is -2.55. The number of nitrogens with one attached hydrogen (secondary N) is 2. The molecule has 0 radical (unpaired) electrons. The van der Waals surface area contributed by atoms with Gasteiger partial charge in [-0.25, -0.2) is 0 Å². The molecule has 4 fully saturated rings. The lowest BCUT2D eigenvalue weighted by atomic mass is 9.50. The molecule has 1 unspecified atom stereocenters. The molecule has 1 aromatic heterocycles. The van der Waals surface area contributed by atoms with Gasteiger partial charge in [-0.2, -0.15) is 0 Å². The van der Waals surface area contributed by atoms with Crippen LogP contribution in [-0.2, 0) is 15.0 Å². The largest absolute Gasteiger partial charge is 0.349 e. The van der Waals surface area contributed by atoms with Crippen molar-refractivity contribution in [1.29, 1.82) is 0 Å². The Hall–Kier alpha value is -2.28. The predicted octanol–water partition coefficient (Wildman–Crippen LogP) is 4.52. The number of carbonyl (C=O) groups is 2. The summed E-state index contributed by atoms with van der Waals surface area (Å²) in [5.74, 6) is 2.23. The third-order valence-electron chi connectivity index (χ3n) is 7.41. The van der Waals surface area contributed by atoms with Crippen LogP contribution in [0.2, 0.25) is 0 Å². The highest BCUT2D eigenvalue weighted by Crippen LogP contribution is 2.61. The van der Waals surface area contributed by atoms with Crippen LogP contribution in [-0.4, -0.2) is 22.0 Å². The van der Waals surface area contributed by atoms with Crippen LogP contribution in [0.25, 0.3) is 0 Å². The van der Waals surface area contributed by atoms with Gasteiger partial charge < -0.3 is 10.6 Å². The molecular formula is C24H30N4O2S. The fourth-order valence-corrected chi connectivity index (χ4v) is 7.49. The number of hydrogen-bond acceptors (Lipinski definition) is 5. The molecule has 6 rings (SSSR count). The second-order valence-corrected chi connectivity index (χ2v) is 11.0.